The van der Waals surface area contributed by atoms with E-state index in [4.69, 9.17) is 0 Å². The first-order chi connectivity index (χ1) is 16.8. The topological polar surface area (TPSA) is 115 Å². The van der Waals surface area contributed by atoms with Gasteiger partial charge in [-0.1, -0.05) is 43.8 Å². The molecule has 0 aliphatic carbocycles. The summed E-state index contributed by atoms with van der Waals surface area (Å²) in [5, 5.41) is 15.1. The second-order valence-corrected chi connectivity index (χ2v) is 8.99. The molecule has 2 N–H and O–H groups in total. The van der Waals surface area contributed by atoms with Crippen molar-refractivity contribution in [3.8, 4) is 0 Å². The zero-order chi connectivity index (χ0) is 25.4. The standard InChI is InChI=1S/C25H29N5O4S/c1-5-30-22(21(16(2)3)27-23(32)17-9-7-6-8-10-17)28-29-25(30)35-15-20(31)26-19-13-11-18(12-14-19)24(33)34-4/h6-14,16,21H,5,15H2,1-4H3,(H,26,31)(H,27,32)/t21-/m1/s1. The molecule has 2 amide bonds. The number of ether oxygens (including phenoxy) is 1. The van der Waals surface area contributed by atoms with E-state index >= 15 is 0 Å². The lowest BCUT2D eigenvalue weighted by Gasteiger charge is -2.22. The van der Waals surface area contributed by atoms with Crippen LogP contribution < -0.4 is 10.6 Å². The number of thioether (sulfide) groups is 1. The number of carbonyl (C=O) groups is 3. The Labute approximate surface area is 208 Å². The molecule has 0 unspecified atom stereocenters. The first-order valence-electron chi connectivity index (χ1n) is 11.2. The van der Waals surface area contributed by atoms with E-state index in [1.165, 1.54) is 18.9 Å². The molecule has 10 heteroatoms. The number of hydrogen-bond donors (Lipinski definition) is 2. The quantitative estimate of drug-likeness (QED) is 0.323. The summed E-state index contributed by atoms with van der Waals surface area (Å²) in [6.45, 7) is 6.58. The third-order valence-corrected chi connectivity index (χ3v) is 6.22. The zero-order valence-corrected chi connectivity index (χ0v) is 21.0. The molecule has 1 aromatic heterocycles. The number of anilines is 1. The average molecular weight is 496 g/mol. The number of rotatable bonds is 10. The van der Waals surface area contributed by atoms with Gasteiger partial charge < -0.3 is 19.9 Å². The van der Waals surface area contributed by atoms with Crippen LogP contribution in [0.25, 0.3) is 0 Å². The van der Waals surface area contributed by atoms with Crippen molar-refractivity contribution in [2.75, 3.05) is 18.2 Å². The Morgan fingerprint density at radius 3 is 2.29 bits per heavy atom. The van der Waals surface area contributed by atoms with Crippen LogP contribution in [0.2, 0.25) is 0 Å². The Balaban J connectivity index is 1.66. The Bertz CT molecular complexity index is 1160. The molecule has 0 saturated heterocycles. The molecule has 3 aromatic rings. The molecule has 0 bridgehead atoms. The third-order valence-electron chi connectivity index (χ3n) is 5.25. The SMILES string of the molecule is CCn1c(SCC(=O)Nc2ccc(C(=O)OC)cc2)nnc1[C@H](NC(=O)c1ccccc1)C(C)C. The summed E-state index contributed by atoms with van der Waals surface area (Å²) in [6.07, 6.45) is 0. The lowest BCUT2D eigenvalue weighted by molar-refractivity contribution is -0.113. The van der Waals surface area contributed by atoms with Gasteiger partial charge in [0.15, 0.2) is 11.0 Å². The molecular weight excluding hydrogens is 466 g/mol. The molecular formula is C25H29N5O4S. The summed E-state index contributed by atoms with van der Waals surface area (Å²) >= 11 is 1.27. The van der Waals surface area contributed by atoms with Gasteiger partial charge in [-0.2, -0.15) is 0 Å². The second-order valence-electron chi connectivity index (χ2n) is 8.05. The minimum absolute atomic E-state index is 0.0753. The van der Waals surface area contributed by atoms with E-state index in [0.29, 0.717) is 34.3 Å². The van der Waals surface area contributed by atoms with Gasteiger partial charge >= 0.3 is 5.97 Å². The van der Waals surface area contributed by atoms with Crippen LogP contribution in [-0.2, 0) is 16.1 Å². The first-order valence-corrected chi connectivity index (χ1v) is 12.2. The van der Waals surface area contributed by atoms with Crippen molar-refractivity contribution in [1.29, 1.82) is 0 Å². The molecule has 0 spiro atoms. The number of aromatic nitrogens is 3. The fraction of sp³-hybridized carbons (Fsp3) is 0.320. The minimum Gasteiger partial charge on any atom is -0.465 e. The maximum absolute atomic E-state index is 12.8. The number of nitrogens with zero attached hydrogens (tertiary/aromatic N) is 3. The van der Waals surface area contributed by atoms with Crippen LogP contribution in [0.1, 0.15) is 53.4 Å². The number of benzene rings is 2. The smallest absolute Gasteiger partial charge is 0.337 e. The molecule has 3 rings (SSSR count). The molecule has 0 saturated carbocycles. The lowest BCUT2D eigenvalue weighted by atomic mass is 10.0. The van der Waals surface area contributed by atoms with Crippen molar-refractivity contribution >= 4 is 35.2 Å². The van der Waals surface area contributed by atoms with Crippen LogP contribution in [0, 0.1) is 5.92 Å². The number of amides is 2. The summed E-state index contributed by atoms with van der Waals surface area (Å²) in [7, 11) is 1.32. The third kappa shape index (κ3) is 6.69. The Morgan fingerprint density at radius 1 is 1.00 bits per heavy atom. The van der Waals surface area contributed by atoms with Crippen molar-refractivity contribution < 1.29 is 19.1 Å². The highest BCUT2D eigenvalue weighted by Crippen LogP contribution is 2.25. The summed E-state index contributed by atoms with van der Waals surface area (Å²) in [5.41, 5.74) is 1.55. The highest BCUT2D eigenvalue weighted by Gasteiger charge is 2.26. The summed E-state index contributed by atoms with van der Waals surface area (Å²) in [4.78, 5) is 36.8. The molecule has 0 aliphatic heterocycles. The van der Waals surface area contributed by atoms with Crippen molar-refractivity contribution in [2.24, 2.45) is 5.92 Å². The van der Waals surface area contributed by atoms with Gasteiger partial charge in [0, 0.05) is 17.8 Å². The van der Waals surface area contributed by atoms with Crippen LogP contribution in [-0.4, -0.2) is 45.4 Å². The van der Waals surface area contributed by atoms with Gasteiger partial charge in [0.1, 0.15) is 0 Å². The van der Waals surface area contributed by atoms with Gasteiger partial charge in [0.25, 0.3) is 5.91 Å². The molecule has 0 fully saturated rings. The molecule has 2 aromatic carbocycles. The zero-order valence-electron chi connectivity index (χ0n) is 20.1. The number of esters is 1. The highest BCUT2D eigenvalue weighted by molar-refractivity contribution is 7.99. The van der Waals surface area contributed by atoms with Crippen LogP contribution in [0.4, 0.5) is 5.69 Å². The fourth-order valence-corrected chi connectivity index (χ4v) is 4.22. The van der Waals surface area contributed by atoms with Gasteiger partial charge in [-0.15, -0.1) is 10.2 Å². The molecule has 35 heavy (non-hydrogen) atoms. The number of methoxy groups -OCH3 is 1. The van der Waals surface area contributed by atoms with E-state index in [1.54, 1.807) is 36.4 Å². The molecule has 1 atom stereocenters. The average Bonchev–Trinajstić information content (AvgIpc) is 3.28. The maximum Gasteiger partial charge on any atom is 0.337 e. The van der Waals surface area contributed by atoms with E-state index in [2.05, 4.69) is 25.6 Å². The molecule has 1 heterocycles. The molecule has 0 radical (unpaired) electrons. The van der Waals surface area contributed by atoms with Crippen molar-refractivity contribution in [3.05, 3.63) is 71.5 Å². The largest absolute Gasteiger partial charge is 0.465 e. The van der Waals surface area contributed by atoms with Crippen LogP contribution >= 0.6 is 11.8 Å². The van der Waals surface area contributed by atoms with E-state index in [1.807, 2.05) is 43.5 Å². The van der Waals surface area contributed by atoms with Gasteiger partial charge in [-0.05, 0) is 49.2 Å². The van der Waals surface area contributed by atoms with Crippen molar-refractivity contribution in [1.82, 2.24) is 20.1 Å². The number of hydrogen-bond acceptors (Lipinski definition) is 7. The van der Waals surface area contributed by atoms with Crippen LogP contribution in [0.15, 0.2) is 59.8 Å². The Hall–Kier alpha value is -3.66. The van der Waals surface area contributed by atoms with Crippen LogP contribution in [0.5, 0.6) is 0 Å². The lowest BCUT2D eigenvalue weighted by Crippen LogP contribution is -2.33. The van der Waals surface area contributed by atoms with Gasteiger partial charge in [0.2, 0.25) is 5.91 Å². The van der Waals surface area contributed by atoms with E-state index < -0.39 is 5.97 Å². The van der Waals surface area contributed by atoms with E-state index in [0.717, 1.165) is 0 Å². The summed E-state index contributed by atoms with van der Waals surface area (Å²) in [6, 6.07) is 15.2. The maximum atomic E-state index is 12.8. The predicted molar refractivity (Wildman–Crippen MR) is 134 cm³/mol. The predicted octanol–water partition coefficient (Wildman–Crippen LogP) is 3.94. The highest BCUT2D eigenvalue weighted by atomic mass is 32.2. The number of nitrogens with one attached hydrogen (secondary N) is 2. The van der Waals surface area contributed by atoms with E-state index in [-0.39, 0.29) is 29.5 Å². The molecule has 0 aliphatic rings. The van der Waals surface area contributed by atoms with Crippen molar-refractivity contribution in [3.63, 3.8) is 0 Å². The number of carbonyl (C=O) groups excluding carboxylic acids is 3. The summed E-state index contributed by atoms with van der Waals surface area (Å²) in [5.74, 6) is 0.0132. The van der Waals surface area contributed by atoms with Gasteiger partial charge in [0.05, 0.1) is 24.5 Å². The minimum atomic E-state index is -0.437. The Kier molecular flexibility index (Phi) is 9.02. The Morgan fingerprint density at radius 2 is 1.69 bits per heavy atom. The molecule has 9 nitrogen and oxygen atoms in total. The second kappa shape index (κ2) is 12.2. The molecule has 184 valence electrons. The van der Waals surface area contributed by atoms with Gasteiger partial charge in [-0.25, -0.2) is 4.79 Å². The van der Waals surface area contributed by atoms with E-state index in [9.17, 15) is 14.4 Å². The van der Waals surface area contributed by atoms with Gasteiger partial charge in [-0.3, -0.25) is 9.59 Å². The summed E-state index contributed by atoms with van der Waals surface area (Å²) < 4.78 is 6.59. The van der Waals surface area contributed by atoms with Crippen molar-refractivity contribution in [2.45, 2.75) is 38.5 Å². The first kappa shape index (κ1) is 26.0. The monoisotopic (exact) mass is 495 g/mol. The normalized spacial score (nSPS) is 11.7. The van der Waals surface area contributed by atoms with Crippen LogP contribution in [0.3, 0.4) is 0 Å². The fourth-order valence-electron chi connectivity index (χ4n) is 3.41.